The number of nitrogens with one attached hydrogen (secondary N) is 1. The highest BCUT2D eigenvalue weighted by atomic mass is 19.4. The van der Waals surface area contributed by atoms with E-state index < -0.39 is 12.0 Å². The highest BCUT2D eigenvalue weighted by Crippen LogP contribution is 2.26. The largest absolute Gasteiger partial charge is 0.453 e. The highest BCUT2D eigenvalue weighted by molar-refractivity contribution is 5.25. The fraction of sp³-hybridized carbons (Fsp3) is 0.750. The monoisotopic (exact) mass is 252 g/mol. The van der Waals surface area contributed by atoms with Crippen LogP contribution in [0.2, 0.25) is 0 Å². The average molecular weight is 252 g/mol. The Bertz CT molecular complexity index is 347. The van der Waals surface area contributed by atoms with Gasteiger partial charge >= 0.3 is 6.18 Å². The number of nitrogens with two attached hydrogens (primary N) is 1. The zero-order chi connectivity index (χ0) is 13.1. The Morgan fingerprint density at radius 1 is 1.29 bits per heavy atom. The van der Waals surface area contributed by atoms with Gasteiger partial charge in [-0.05, 0) is 27.1 Å². The first-order chi connectivity index (χ1) is 7.80. The third-order valence-electron chi connectivity index (χ3n) is 2.00. The second-order valence-corrected chi connectivity index (χ2v) is 3.83. The van der Waals surface area contributed by atoms with Gasteiger partial charge in [0.05, 0.1) is 0 Å². The minimum Gasteiger partial charge on any atom is -0.309 e. The van der Waals surface area contributed by atoms with Gasteiger partial charge in [0.15, 0.2) is 0 Å². The van der Waals surface area contributed by atoms with Crippen LogP contribution in [0.3, 0.4) is 0 Å². The minimum absolute atomic E-state index is 0.0870. The first-order valence-corrected chi connectivity index (χ1v) is 4.97. The molecule has 1 rings (SSSR count). The third kappa shape index (κ3) is 4.19. The quantitative estimate of drug-likeness (QED) is 0.588. The topological polar surface area (TPSA) is 74.1 Å². The zero-order valence-electron chi connectivity index (χ0n) is 9.62. The second kappa shape index (κ2) is 5.32. The predicted molar refractivity (Wildman–Crippen MR) is 56.1 cm³/mol. The van der Waals surface area contributed by atoms with Gasteiger partial charge < -0.3 is 4.90 Å². The van der Waals surface area contributed by atoms with E-state index in [0.29, 0.717) is 13.0 Å². The van der Waals surface area contributed by atoms with E-state index in [9.17, 15) is 13.2 Å². The van der Waals surface area contributed by atoms with Crippen molar-refractivity contribution < 1.29 is 13.2 Å². The molecule has 0 aliphatic carbocycles. The summed E-state index contributed by atoms with van der Waals surface area (Å²) in [5.74, 6) is 4.25. The molecule has 0 amide bonds. The predicted octanol–water partition coefficient (Wildman–Crippen LogP) is 0.455. The van der Waals surface area contributed by atoms with Crippen LogP contribution in [0.5, 0.6) is 0 Å². The van der Waals surface area contributed by atoms with Gasteiger partial charge in [0.2, 0.25) is 5.95 Å². The molecule has 0 fully saturated rings. The van der Waals surface area contributed by atoms with E-state index in [0.717, 1.165) is 11.6 Å². The van der Waals surface area contributed by atoms with Crippen molar-refractivity contribution in [2.24, 2.45) is 5.84 Å². The number of aromatic amines is 1. The second-order valence-electron chi connectivity index (χ2n) is 3.83. The van der Waals surface area contributed by atoms with Crippen LogP contribution < -0.4 is 10.9 Å². The molecule has 9 heteroatoms. The summed E-state index contributed by atoms with van der Waals surface area (Å²) >= 11 is 0. The van der Waals surface area contributed by atoms with Crippen molar-refractivity contribution in [3.05, 3.63) is 5.82 Å². The number of rotatable bonds is 5. The Hall–Kier alpha value is -1.35. The van der Waals surface area contributed by atoms with E-state index in [2.05, 4.69) is 15.2 Å². The Morgan fingerprint density at radius 3 is 2.41 bits per heavy atom. The molecule has 3 N–H and O–H groups in total. The Morgan fingerprint density at radius 2 is 1.94 bits per heavy atom. The number of anilines is 1. The number of aromatic nitrogens is 3. The number of hydrazine groups is 1. The molecule has 0 aromatic carbocycles. The maximum atomic E-state index is 12.2. The molecule has 6 nitrogen and oxygen atoms in total. The van der Waals surface area contributed by atoms with E-state index >= 15 is 0 Å². The van der Waals surface area contributed by atoms with Crippen LogP contribution >= 0.6 is 0 Å². The van der Waals surface area contributed by atoms with Crippen LogP contribution in [0.4, 0.5) is 19.1 Å². The molecule has 0 unspecified atom stereocenters. The van der Waals surface area contributed by atoms with E-state index in [4.69, 9.17) is 5.84 Å². The normalized spacial score (nSPS) is 12.2. The van der Waals surface area contributed by atoms with Crippen molar-refractivity contribution in [1.82, 2.24) is 20.1 Å². The van der Waals surface area contributed by atoms with E-state index in [1.165, 1.54) is 0 Å². The van der Waals surface area contributed by atoms with Crippen LogP contribution in [0.25, 0.3) is 0 Å². The first kappa shape index (κ1) is 13.7. The maximum Gasteiger partial charge on any atom is 0.453 e. The van der Waals surface area contributed by atoms with Gasteiger partial charge in [0.1, 0.15) is 0 Å². The molecule has 1 aromatic heterocycles. The van der Waals surface area contributed by atoms with Crippen LogP contribution in [-0.2, 0) is 6.18 Å². The standard InChI is InChI=1S/C8H15F3N6/c1-16(2)4-3-5-17(12)7-13-6(14-15-7)8(9,10)11/h3-5,12H2,1-2H3,(H,13,14,15). The van der Waals surface area contributed by atoms with Crippen LogP contribution in [-0.4, -0.2) is 47.3 Å². The molecule has 0 atom stereocenters. The molecule has 17 heavy (non-hydrogen) atoms. The van der Waals surface area contributed by atoms with Gasteiger partial charge in [-0.1, -0.05) is 0 Å². The van der Waals surface area contributed by atoms with E-state index in [1.54, 1.807) is 0 Å². The molecule has 0 spiro atoms. The zero-order valence-corrected chi connectivity index (χ0v) is 9.62. The van der Waals surface area contributed by atoms with Crippen molar-refractivity contribution in [3.63, 3.8) is 0 Å². The van der Waals surface area contributed by atoms with Crippen molar-refractivity contribution >= 4 is 5.95 Å². The van der Waals surface area contributed by atoms with Crippen LogP contribution in [0, 0.1) is 0 Å². The van der Waals surface area contributed by atoms with Crippen LogP contribution in [0.15, 0.2) is 0 Å². The number of halogens is 3. The van der Waals surface area contributed by atoms with E-state index in [1.807, 2.05) is 19.0 Å². The summed E-state index contributed by atoms with van der Waals surface area (Å²) in [5, 5.41) is 6.33. The number of hydrogen-bond acceptors (Lipinski definition) is 5. The lowest BCUT2D eigenvalue weighted by Gasteiger charge is -2.16. The lowest BCUT2D eigenvalue weighted by atomic mass is 10.4. The lowest BCUT2D eigenvalue weighted by molar-refractivity contribution is -0.144. The Labute approximate surface area is 96.6 Å². The number of H-pyrrole nitrogens is 1. The van der Waals surface area contributed by atoms with Crippen molar-refractivity contribution in [3.8, 4) is 0 Å². The summed E-state index contributed by atoms with van der Waals surface area (Å²) in [7, 11) is 3.80. The van der Waals surface area contributed by atoms with Crippen molar-refractivity contribution in [1.29, 1.82) is 0 Å². The Kier molecular flexibility index (Phi) is 4.29. The van der Waals surface area contributed by atoms with Gasteiger partial charge in [-0.2, -0.15) is 18.2 Å². The highest BCUT2D eigenvalue weighted by Gasteiger charge is 2.36. The SMILES string of the molecule is CN(C)CCCN(N)c1nc(C(F)(F)F)n[nH]1. The van der Waals surface area contributed by atoms with Gasteiger partial charge in [-0.15, -0.1) is 5.10 Å². The third-order valence-corrected chi connectivity index (χ3v) is 2.00. The number of nitrogens with zero attached hydrogens (tertiary/aromatic N) is 4. The fourth-order valence-corrected chi connectivity index (χ4v) is 1.17. The molecule has 0 aliphatic heterocycles. The summed E-state index contributed by atoms with van der Waals surface area (Å²) in [6.07, 6.45) is -3.84. The fourth-order valence-electron chi connectivity index (χ4n) is 1.17. The van der Waals surface area contributed by atoms with Crippen LogP contribution in [0.1, 0.15) is 12.2 Å². The molecule has 1 aromatic rings. The summed E-state index contributed by atoms with van der Waals surface area (Å²) in [5.41, 5.74) is 0. The smallest absolute Gasteiger partial charge is 0.309 e. The summed E-state index contributed by atoms with van der Waals surface area (Å²) < 4.78 is 36.6. The van der Waals surface area contributed by atoms with Gasteiger partial charge in [-0.25, -0.2) is 10.9 Å². The summed E-state index contributed by atoms with van der Waals surface area (Å²) in [6.45, 7) is 1.18. The summed E-state index contributed by atoms with van der Waals surface area (Å²) in [4.78, 5) is 5.23. The molecule has 0 saturated carbocycles. The molecule has 1 heterocycles. The molecule has 0 bridgehead atoms. The maximum absolute atomic E-state index is 12.2. The number of alkyl halides is 3. The van der Waals surface area contributed by atoms with Gasteiger partial charge in [0, 0.05) is 6.54 Å². The molecule has 0 saturated heterocycles. The van der Waals surface area contributed by atoms with Gasteiger partial charge in [0.25, 0.3) is 5.82 Å². The molecular formula is C8H15F3N6. The Balaban J connectivity index is 2.52. The molecule has 0 radical (unpaired) electrons. The minimum atomic E-state index is -4.56. The molecule has 0 aliphatic rings. The van der Waals surface area contributed by atoms with Crippen molar-refractivity contribution in [2.75, 3.05) is 32.2 Å². The molecular weight excluding hydrogens is 237 g/mol. The summed E-state index contributed by atoms with van der Waals surface area (Å²) in [6, 6.07) is 0. The first-order valence-electron chi connectivity index (χ1n) is 4.97. The molecule has 98 valence electrons. The lowest BCUT2D eigenvalue weighted by Crippen LogP contribution is -2.34. The van der Waals surface area contributed by atoms with E-state index in [-0.39, 0.29) is 5.95 Å². The average Bonchev–Trinajstić information content (AvgIpc) is 2.64. The number of hydrogen-bond donors (Lipinski definition) is 2. The van der Waals surface area contributed by atoms with Gasteiger partial charge in [-0.3, -0.25) is 5.01 Å². The van der Waals surface area contributed by atoms with Crippen molar-refractivity contribution in [2.45, 2.75) is 12.6 Å².